The van der Waals surface area contributed by atoms with Gasteiger partial charge in [-0.1, -0.05) is 12.1 Å². The molecule has 1 atom stereocenters. The van der Waals surface area contributed by atoms with Gasteiger partial charge in [-0.25, -0.2) is 17.6 Å². The number of rotatable bonds is 4. The molecule has 1 heterocycles. The summed E-state index contributed by atoms with van der Waals surface area (Å²) < 4.78 is 56.0. The summed E-state index contributed by atoms with van der Waals surface area (Å²) in [5.74, 6) is -5.95. The lowest BCUT2D eigenvalue weighted by molar-refractivity contribution is -0.119. The van der Waals surface area contributed by atoms with E-state index in [4.69, 9.17) is 5.11 Å². The lowest BCUT2D eigenvalue weighted by Gasteiger charge is -2.38. The van der Waals surface area contributed by atoms with Gasteiger partial charge in [0.25, 0.3) is 5.92 Å². The van der Waals surface area contributed by atoms with Crippen LogP contribution in [-0.4, -0.2) is 48.7 Å². The third kappa shape index (κ3) is 3.71. The van der Waals surface area contributed by atoms with Crippen molar-refractivity contribution in [1.82, 2.24) is 10.2 Å². The number of aliphatic hydroxyl groups excluding tert-OH is 1. The average molecular weight is 343 g/mol. The molecule has 2 rings (SSSR count). The summed E-state index contributed by atoms with van der Waals surface area (Å²) in [4.78, 5) is 1.37. The van der Waals surface area contributed by atoms with Crippen molar-refractivity contribution in [2.75, 3.05) is 32.8 Å². The van der Waals surface area contributed by atoms with Crippen LogP contribution in [0.4, 0.5) is 17.6 Å². The van der Waals surface area contributed by atoms with Crippen LogP contribution in [0.1, 0.15) is 17.2 Å². The van der Waals surface area contributed by atoms with Crippen molar-refractivity contribution < 1.29 is 22.7 Å². The van der Waals surface area contributed by atoms with E-state index in [1.165, 1.54) is 24.0 Å². The quantitative estimate of drug-likeness (QED) is 0.824. The van der Waals surface area contributed by atoms with E-state index >= 15 is 0 Å². The Balaban J connectivity index is 0.00000242. The molecule has 1 fully saturated rings. The van der Waals surface area contributed by atoms with Crippen molar-refractivity contribution in [2.45, 2.75) is 18.9 Å². The Labute approximate surface area is 132 Å². The monoisotopic (exact) mass is 342 g/mol. The predicted octanol–water partition coefficient (Wildman–Crippen LogP) is 2.27. The fourth-order valence-electron chi connectivity index (χ4n) is 2.59. The molecule has 0 spiro atoms. The molecular weight excluding hydrogens is 324 g/mol. The molecule has 22 heavy (non-hydrogen) atoms. The van der Waals surface area contributed by atoms with Crippen molar-refractivity contribution in [3.63, 3.8) is 0 Å². The maximum Gasteiger partial charge on any atom is 0.290 e. The van der Waals surface area contributed by atoms with E-state index in [0.29, 0.717) is 13.1 Å². The standard InChI is InChI=1S/C14H18F4N2O.ClH/c1-9-2-3-10(12(16)11(9)15)13(14(17,18)8-21)20-6-4-19-5-7-20;/h2-3,13,19,21H,4-8H2,1H3;1H/t13-;/m1./s1. The van der Waals surface area contributed by atoms with Gasteiger partial charge in [-0.15, -0.1) is 12.4 Å². The summed E-state index contributed by atoms with van der Waals surface area (Å²) in [5.41, 5.74) is -0.360. The minimum Gasteiger partial charge on any atom is -0.390 e. The van der Waals surface area contributed by atoms with E-state index in [-0.39, 0.29) is 31.1 Å². The van der Waals surface area contributed by atoms with Gasteiger partial charge in [0.15, 0.2) is 11.6 Å². The van der Waals surface area contributed by atoms with Crippen molar-refractivity contribution in [3.8, 4) is 0 Å². The van der Waals surface area contributed by atoms with Crippen molar-refractivity contribution in [2.24, 2.45) is 0 Å². The molecule has 3 nitrogen and oxygen atoms in total. The normalized spacial score (nSPS) is 17.9. The maximum atomic E-state index is 14.1. The molecule has 1 aliphatic heterocycles. The topological polar surface area (TPSA) is 35.5 Å². The van der Waals surface area contributed by atoms with Crippen molar-refractivity contribution in [3.05, 3.63) is 34.9 Å². The van der Waals surface area contributed by atoms with Gasteiger partial charge in [0.1, 0.15) is 12.6 Å². The number of piperazine rings is 1. The highest BCUT2D eigenvalue weighted by molar-refractivity contribution is 5.85. The molecule has 0 radical (unpaired) electrons. The summed E-state index contributed by atoms with van der Waals surface area (Å²) >= 11 is 0. The molecule has 0 unspecified atom stereocenters. The van der Waals surface area contributed by atoms with Crippen LogP contribution in [0.15, 0.2) is 12.1 Å². The second-order valence-electron chi connectivity index (χ2n) is 5.21. The zero-order valence-corrected chi connectivity index (χ0v) is 12.9. The van der Waals surface area contributed by atoms with E-state index in [1.807, 2.05) is 0 Å². The van der Waals surface area contributed by atoms with E-state index in [2.05, 4.69) is 5.32 Å². The van der Waals surface area contributed by atoms with Gasteiger partial charge >= 0.3 is 0 Å². The first-order valence-electron chi connectivity index (χ1n) is 6.76. The Morgan fingerprint density at radius 2 is 1.82 bits per heavy atom. The highest BCUT2D eigenvalue weighted by Gasteiger charge is 2.45. The summed E-state index contributed by atoms with van der Waals surface area (Å²) in [6.07, 6.45) is 0. The summed E-state index contributed by atoms with van der Waals surface area (Å²) in [6, 6.07) is 0.764. The number of benzene rings is 1. The average Bonchev–Trinajstić information content (AvgIpc) is 2.48. The Kier molecular flexibility index (Phi) is 6.61. The van der Waals surface area contributed by atoms with E-state index in [0.717, 1.165) is 0 Å². The molecule has 1 aromatic rings. The number of aryl methyl sites for hydroxylation is 1. The summed E-state index contributed by atoms with van der Waals surface area (Å²) in [5, 5.41) is 12.0. The number of nitrogens with zero attached hydrogens (tertiary/aromatic N) is 1. The molecule has 1 aromatic carbocycles. The Bertz CT molecular complexity index is 510. The van der Waals surface area contributed by atoms with Crippen LogP contribution in [0.5, 0.6) is 0 Å². The number of halogens is 5. The van der Waals surface area contributed by atoms with Crippen LogP contribution in [0.2, 0.25) is 0 Å². The van der Waals surface area contributed by atoms with E-state index in [9.17, 15) is 17.6 Å². The van der Waals surface area contributed by atoms with E-state index in [1.54, 1.807) is 0 Å². The lowest BCUT2D eigenvalue weighted by atomic mass is 9.96. The molecule has 8 heteroatoms. The van der Waals surface area contributed by atoms with Gasteiger partial charge in [-0.05, 0) is 12.5 Å². The molecule has 0 bridgehead atoms. The second kappa shape index (κ2) is 7.59. The van der Waals surface area contributed by atoms with Gasteiger partial charge in [0.2, 0.25) is 0 Å². The van der Waals surface area contributed by atoms with Crippen LogP contribution in [0.3, 0.4) is 0 Å². The zero-order valence-electron chi connectivity index (χ0n) is 12.1. The molecule has 126 valence electrons. The molecular formula is C14H19ClF4N2O. The SMILES string of the molecule is Cc1ccc([C@@H](N2CCNCC2)C(F)(F)CO)c(F)c1F.Cl. The second-order valence-corrected chi connectivity index (χ2v) is 5.21. The molecule has 2 N–H and O–H groups in total. The highest BCUT2D eigenvalue weighted by Crippen LogP contribution is 2.38. The van der Waals surface area contributed by atoms with Crippen LogP contribution in [0.25, 0.3) is 0 Å². The van der Waals surface area contributed by atoms with Gasteiger partial charge in [0.05, 0.1) is 0 Å². The Morgan fingerprint density at radius 1 is 1.23 bits per heavy atom. The van der Waals surface area contributed by atoms with Crippen LogP contribution < -0.4 is 5.32 Å². The van der Waals surface area contributed by atoms with Crippen LogP contribution in [0, 0.1) is 18.6 Å². The number of aliphatic hydroxyl groups is 1. The largest absolute Gasteiger partial charge is 0.390 e. The van der Waals surface area contributed by atoms with Gasteiger partial charge < -0.3 is 10.4 Å². The third-order valence-electron chi connectivity index (χ3n) is 3.73. The Hall–Kier alpha value is -0.890. The maximum absolute atomic E-state index is 14.1. The van der Waals surface area contributed by atoms with Crippen LogP contribution >= 0.6 is 12.4 Å². The van der Waals surface area contributed by atoms with Gasteiger partial charge in [-0.2, -0.15) is 0 Å². The first-order chi connectivity index (χ1) is 9.88. The Morgan fingerprint density at radius 3 is 2.36 bits per heavy atom. The first kappa shape index (κ1) is 19.2. The van der Waals surface area contributed by atoms with Gasteiger partial charge in [0, 0.05) is 31.7 Å². The molecule has 1 saturated heterocycles. The number of alkyl halides is 2. The molecule has 0 aromatic heterocycles. The molecule has 0 aliphatic carbocycles. The molecule has 0 saturated carbocycles. The lowest BCUT2D eigenvalue weighted by Crippen LogP contribution is -2.51. The fourth-order valence-corrected chi connectivity index (χ4v) is 2.59. The molecule has 0 amide bonds. The number of hydrogen-bond donors (Lipinski definition) is 2. The predicted molar refractivity (Wildman–Crippen MR) is 77.6 cm³/mol. The molecule has 1 aliphatic rings. The fraction of sp³-hybridized carbons (Fsp3) is 0.571. The van der Waals surface area contributed by atoms with E-state index < -0.39 is 35.8 Å². The smallest absolute Gasteiger partial charge is 0.290 e. The number of hydrogen-bond acceptors (Lipinski definition) is 3. The highest BCUT2D eigenvalue weighted by atomic mass is 35.5. The van der Waals surface area contributed by atoms with Crippen LogP contribution in [-0.2, 0) is 0 Å². The van der Waals surface area contributed by atoms with Gasteiger partial charge in [-0.3, -0.25) is 4.90 Å². The van der Waals surface area contributed by atoms with Crippen molar-refractivity contribution >= 4 is 12.4 Å². The zero-order chi connectivity index (χ0) is 15.6. The first-order valence-corrected chi connectivity index (χ1v) is 6.76. The minimum atomic E-state index is -3.56. The minimum absolute atomic E-state index is 0. The third-order valence-corrected chi connectivity index (χ3v) is 3.73. The summed E-state index contributed by atoms with van der Waals surface area (Å²) in [7, 11) is 0. The van der Waals surface area contributed by atoms with Crippen molar-refractivity contribution in [1.29, 1.82) is 0 Å². The summed E-state index contributed by atoms with van der Waals surface area (Å²) in [6.45, 7) is 1.45. The number of nitrogens with one attached hydrogen (secondary N) is 1.